The van der Waals surface area contributed by atoms with Gasteiger partial charge in [0.15, 0.2) is 29.6 Å². The van der Waals surface area contributed by atoms with Gasteiger partial charge in [-0.05, 0) is 68.3 Å². The van der Waals surface area contributed by atoms with E-state index in [1.807, 2.05) is 13.0 Å². The fourth-order valence-corrected chi connectivity index (χ4v) is 4.16. The third-order valence-electron chi connectivity index (χ3n) is 6.04. The Labute approximate surface area is 249 Å². The summed E-state index contributed by atoms with van der Waals surface area (Å²) in [6.07, 6.45) is 2.14. The second-order valence-corrected chi connectivity index (χ2v) is 9.21. The largest absolute Gasteiger partial charge is 0.490 e. The van der Waals surface area contributed by atoms with Gasteiger partial charge in [0.25, 0.3) is 17.7 Å². The van der Waals surface area contributed by atoms with E-state index in [0.717, 1.165) is 11.3 Å². The molecular weight excluding hydrogens is 554 g/mol. The molecule has 0 aromatic heterocycles. The number of urea groups is 1. The average molecular weight is 588 g/mol. The molecule has 1 heterocycles. The molecule has 1 fully saturated rings. The van der Waals surface area contributed by atoms with E-state index < -0.39 is 17.8 Å². The number of barbiturate groups is 1. The van der Waals surface area contributed by atoms with Gasteiger partial charge in [-0.2, -0.15) is 0 Å². The molecule has 2 N–H and O–H groups in total. The second-order valence-electron chi connectivity index (χ2n) is 9.21. The van der Waals surface area contributed by atoms with Crippen molar-refractivity contribution < 1.29 is 38.1 Å². The van der Waals surface area contributed by atoms with Gasteiger partial charge in [0.1, 0.15) is 5.57 Å². The van der Waals surface area contributed by atoms with Crippen LogP contribution in [-0.2, 0) is 14.4 Å². The quantitative estimate of drug-likeness (QED) is 0.212. The Kier molecular flexibility index (Phi) is 10.4. The summed E-state index contributed by atoms with van der Waals surface area (Å²) in [6.45, 7) is 6.41. The van der Waals surface area contributed by atoms with Gasteiger partial charge in [-0.25, -0.2) is 9.69 Å². The number of anilines is 2. The molecule has 3 aromatic rings. The summed E-state index contributed by atoms with van der Waals surface area (Å²) in [5.74, 6) is -0.545. The number of rotatable bonds is 13. The zero-order valence-electron chi connectivity index (χ0n) is 24.2. The van der Waals surface area contributed by atoms with Crippen LogP contribution in [0.25, 0.3) is 6.08 Å². The molecule has 1 aliphatic heterocycles. The third kappa shape index (κ3) is 7.70. The fraction of sp³-hybridized carbons (Fsp3) is 0.250. The van der Waals surface area contributed by atoms with E-state index in [0.29, 0.717) is 54.1 Å². The van der Waals surface area contributed by atoms with Crippen molar-refractivity contribution in [3.05, 3.63) is 77.9 Å². The first kappa shape index (κ1) is 30.6. The first-order chi connectivity index (χ1) is 20.8. The molecule has 0 unspecified atom stereocenters. The van der Waals surface area contributed by atoms with Crippen molar-refractivity contribution >= 4 is 41.2 Å². The molecule has 0 atom stereocenters. The highest BCUT2D eigenvalue weighted by atomic mass is 16.5. The van der Waals surface area contributed by atoms with Gasteiger partial charge in [0.05, 0.1) is 25.5 Å². The van der Waals surface area contributed by atoms with Crippen molar-refractivity contribution in [1.82, 2.24) is 5.32 Å². The minimum Gasteiger partial charge on any atom is -0.490 e. The smallest absolute Gasteiger partial charge is 0.335 e. The molecule has 0 radical (unpaired) electrons. The molecule has 0 saturated carbocycles. The summed E-state index contributed by atoms with van der Waals surface area (Å²) in [5.41, 5.74) is 1.03. The Morgan fingerprint density at radius 1 is 0.814 bits per heavy atom. The molecular formula is C32H33N3O8. The number of para-hydroxylation sites is 1. The summed E-state index contributed by atoms with van der Waals surface area (Å²) < 4.78 is 22.8. The van der Waals surface area contributed by atoms with Crippen LogP contribution in [0.2, 0.25) is 0 Å². The van der Waals surface area contributed by atoms with E-state index in [1.54, 1.807) is 68.4 Å². The lowest BCUT2D eigenvalue weighted by atomic mass is 10.1. The van der Waals surface area contributed by atoms with E-state index in [2.05, 4.69) is 10.6 Å². The van der Waals surface area contributed by atoms with Gasteiger partial charge >= 0.3 is 6.03 Å². The van der Waals surface area contributed by atoms with Crippen molar-refractivity contribution in [2.75, 3.05) is 36.6 Å². The topological polar surface area (TPSA) is 132 Å². The third-order valence-corrected chi connectivity index (χ3v) is 6.04. The number of carbonyl (C=O) groups is 4. The Bertz CT molecular complexity index is 1520. The lowest BCUT2D eigenvalue weighted by Gasteiger charge is -2.27. The van der Waals surface area contributed by atoms with Crippen LogP contribution >= 0.6 is 0 Å². The predicted octanol–water partition coefficient (Wildman–Crippen LogP) is 4.96. The van der Waals surface area contributed by atoms with Crippen LogP contribution < -0.4 is 34.5 Å². The van der Waals surface area contributed by atoms with Gasteiger partial charge in [-0.1, -0.05) is 31.2 Å². The van der Waals surface area contributed by atoms with E-state index in [1.165, 1.54) is 12.1 Å². The number of hydrogen-bond acceptors (Lipinski definition) is 8. The lowest BCUT2D eigenvalue weighted by Crippen LogP contribution is -2.54. The van der Waals surface area contributed by atoms with E-state index in [4.69, 9.17) is 18.9 Å². The fourth-order valence-electron chi connectivity index (χ4n) is 4.16. The predicted molar refractivity (Wildman–Crippen MR) is 161 cm³/mol. The number of nitrogens with one attached hydrogen (secondary N) is 2. The molecule has 5 amide bonds. The molecule has 0 aliphatic carbocycles. The standard InChI is InChI=1S/C32H33N3O8/c1-4-16-42-25-15-13-23(19-28(25)41-6-3)35-31(38)24(30(37)34-32(35)39)17-21-12-14-26(27(18-21)40-5-2)43-20-29(36)33-22-10-8-7-9-11-22/h7-15,17-19H,4-6,16,20H2,1-3H3,(H,33,36)(H,34,37,39)/b24-17+. The molecule has 1 aliphatic rings. The molecule has 4 rings (SSSR count). The van der Waals surface area contributed by atoms with Crippen LogP contribution in [0.5, 0.6) is 23.0 Å². The number of imide groups is 2. The molecule has 0 spiro atoms. The summed E-state index contributed by atoms with van der Waals surface area (Å²) in [4.78, 5) is 52.2. The highest BCUT2D eigenvalue weighted by molar-refractivity contribution is 6.39. The minimum absolute atomic E-state index is 0.209. The molecule has 1 saturated heterocycles. The normalized spacial score (nSPS) is 13.9. The molecule has 43 heavy (non-hydrogen) atoms. The van der Waals surface area contributed by atoms with E-state index in [-0.39, 0.29) is 23.8 Å². The Morgan fingerprint density at radius 3 is 2.19 bits per heavy atom. The molecule has 224 valence electrons. The van der Waals surface area contributed by atoms with Crippen LogP contribution in [0.15, 0.2) is 72.3 Å². The number of amides is 5. The van der Waals surface area contributed by atoms with Crippen LogP contribution in [0.3, 0.4) is 0 Å². The number of ether oxygens (including phenoxy) is 4. The number of carbonyl (C=O) groups excluding carboxylic acids is 4. The molecule has 0 bridgehead atoms. The minimum atomic E-state index is -0.885. The first-order valence-electron chi connectivity index (χ1n) is 13.9. The van der Waals surface area contributed by atoms with Crippen molar-refractivity contribution in [1.29, 1.82) is 0 Å². The Balaban J connectivity index is 1.56. The number of benzene rings is 3. The van der Waals surface area contributed by atoms with Gasteiger partial charge in [0, 0.05) is 11.8 Å². The SMILES string of the molecule is CCCOc1ccc(N2C(=O)NC(=O)/C(=C\c3ccc(OCC(=O)Nc4ccccc4)c(OCC)c3)C2=O)cc1OCC. The van der Waals surface area contributed by atoms with Crippen LogP contribution in [0.4, 0.5) is 16.2 Å². The van der Waals surface area contributed by atoms with E-state index >= 15 is 0 Å². The highest BCUT2D eigenvalue weighted by Crippen LogP contribution is 2.34. The molecule has 11 nitrogen and oxygen atoms in total. The van der Waals surface area contributed by atoms with Gasteiger partial charge in [0.2, 0.25) is 0 Å². The van der Waals surface area contributed by atoms with Gasteiger partial charge in [-0.15, -0.1) is 0 Å². The first-order valence-corrected chi connectivity index (χ1v) is 13.9. The van der Waals surface area contributed by atoms with Crippen molar-refractivity contribution in [3.8, 4) is 23.0 Å². The lowest BCUT2D eigenvalue weighted by molar-refractivity contribution is -0.122. The average Bonchev–Trinajstić information content (AvgIpc) is 2.99. The summed E-state index contributed by atoms with van der Waals surface area (Å²) in [6, 6.07) is 17.5. The number of nitrogens with zero attached hydrogens (tertiary/aromatic N) is 1. The van der Waals surface area contributed by atoms with Crippen molar-refractivity contribution in [2.45, 2.75) is 27.2 Å². The van der Waals surface area contributed by atoms with E-state index in [9.17, 15) is 19.2 Å². The second kappa shape index (κ2) is 14.5. The van der Waals surface area contributed by atoms with Crippen molar-refractivity contribution in [3.63, 3.8) is 0 Å². The highest BCUT2D eigenvalue weighted by Gasteiger charge is 2.37. The van der Waals surface area contributed by atoms with Crippen LogP contribution in [-0.4, -0.2) is 50.2 Å². The van der Waals surface area contributed by atoms with Gasteiger partial charge < -0.3 is 24.3 Å². The maximum Gasteiger partial charge on any atom is 0.335 e. The summed E-state index contributed by atoms with van der Waals surface area (Å²) >= 11 is 0. The molecule has 11 heteroatoms. The maximum atomic E-state index is 13.5. The van der Waals surface area contributed by atoms with Crippen molar-refractivity contribution in [2.24, 2.45) is 0 Å². The Morgan fingerprint density at radius 2 is 1.49 bits per heavy atom. The summed E-state index contributed by atoms with van der Waals surface area (Å²) in [7, 11) is 0. The maximum absolute atomic E-state index is 13.5. The van der Waals surface area contributed by atoms with Crippen LogP contribution in [0, 0.1) is 0 Å². The van der Waals surface area contributed by atoms with Gasteiger partial charge in [-0.3, -0.25) is 19.7 Å². The number of hydrogen-bond donors (Lipinski definition) is 2. The Hall–Kier alpha value is -5.32. The zero-order valence-corrected chi connectivity index (χ0v) is 24.2. The molecule has 3 aromatic carbocycles. The zero-order chi connectivity index (χ0) is 30.8. The monoisotopic (exact) mass is 587 g/mol. The van der Waals surface area contributed by atoms with Crippen LogP contribution in [0.1, 0.15) is 32.8 Å². The summed E-state index contributed by atoms with van der Waals surface area (Å²) in [5, 5.41) is 4.96.